The summed E-state index contributed by atoms with van der Waals surface area (Å²) < 4.78 is 27.5. The average molecular weight is 443 g/mol. The average Bonchev–Trinajstić information content (AvgIpc) is 2.70. The Kier molecular flexibility index (Phi) is 9.74. The van der Waals surface area contributed by atoms with E-state index >= 15 is 0 Å². The molecule has 2 rings (SSSR count). The molecule has 9 nitrogen and oxygen atoms in total. The maximum atomic E-state index is 12.3. The lowest BCUT2D eigenvalue weighted by atomic mass is 9.83. The zero-order valence-corrected chi connectivity index (χ0v) is 18.8. The third kappa shape index (κ3) is 7.48. The van der Waals surface area contributed by atoms with E-state index in [2.05, 4.69) is 0 Å². The van der Waals surface area contributed by atoms with E-state index in [-0.39, 0.29) is 37.0 Å². The summed E-state index contributed by atoms with van der Waals surface area (Å²) in [6.07, 6.45) is 0.425. The molecule has 0 radical (unpaired) electrons. The molecule has 0 heterocycles. The highest BCUT2D eigenvalue weighted by Crippen LogP contribution is 2.35. The van der Waals surface area contributed by atoms with Crippen LogP contribution >= 0.6 is 0 Å². The van der Waals surface area contributed by atoms with Crippen LogP contribution < -0.4 is 0 Å². The molecule has 0 aromatic heterocycles. The molecule has 0 aromatic rings. The Morgan fingerprint density at radius 2 is 1.03 bits per heavy atom. The Hall–Kier alpha value is -2.16. The van der Waals surface area contributed by atoms with Crippen LogP contribution in [0.2, 0.25) is 0 Å². The Morgan fingerprint density at radius 1 is 0.645 bits per heavy atom. The third-order valence-corrected chi connectivity index (χ3v) is 5.69. The van der Waals surface area contributed by atoms with Crippen LogP contribution in [0, 0.1) is 11.8 Å². The van der Waals surface area contributed by atoms with Crippen molar-refractivity contribution in [2.45, 2.75) is 90.6 Å². The predicted molar refractivity (Wildman–Crippen MR) is 108 cm³/mol. The zero-order chi connectivity index (χ0) is 23.0. The minimum atomic E-state index is -0.573. The molecule has 0 amide bonds. The van der Waals surface area contributed by atoms with Crippen LogP contribution in [0.25, 0.3) is 0 Å². The van der Waals surface area contributed by atoms with Crippen molar-refractivity contribution in [1.82, 2.24) is 0 Å². The van der Waals surface area contributed by atoms with Gasteiger partial charge in [0.05, 0.1) is 37.3 Å². The van der Waals surface area contributed by atoms with Crippen LogP contribution in [0.1, 0.15) is 66.2 Å². The van der Waals surface area contributed by atoms with Crippen LogP contribution in [-0.4, -0.2) is 61.5 Å². The van der Waals surface area contributed by atoms with Gasteiger partial charge in [-0.05, 0) is 52.4 Å². The second-order valence-electron chi connectivity index (χ2n) is 8.03. The van der Waals surface area contributed by atoms with E-state index in [1.165, 1.54) is 13.8 Å². The van der Waals surface area contributed by atoms with Crippen molar-refractivity contribution in [3.05, 3.63) is 0 Å². The quantitative estimate of drug-likeness (QED) is 0.412. The van der Waals surface area contributed by atoms with Crippen molar-refractivity contribution in [3.63, 3.8) is 0 Å². The fourth-order valence-electron chi connectivity index (χ4n) is 4.36. The SMILES string of the molecule is CCOC(=O)[C@@H]1CC[C@H](OC(C)=O)[C@H](O[C@@H]2C[C@@H](C(=O)OCC)CC[C@@H]2OC(C)=O)C1. The van der Waals surface area contributed by atoms with Gasteiger partial charge in [0.25, 0.3) is 0 Å². The summed E-state index contributed by atoms with van der Waals surface area (Å²) >= 11 is 0. The van der Waals surface area contributed by atoms with Gasteiger partial charge in [-0.3, -0.25) is 19.2 Å². The van der Waals surface area contributed by atoms with Crippen LogP contribution in [0.15, 0.2) is 0 Å². The second-order valence-corrected chi connectivity index (χ2v) is 8.03. The standard InChI is InChI=1S/C22H34O9/c1-5-27-21(25)15-7-9-17(29-13(3)23)19(11-15)31-20-12-16(22(26)28-6-2)8-10-18(20)30-14(4)24/h15-20H,5-12H2,1-4H3/t15-,16+,17-,18-,19+,20+/m0/s1. The summed E-state index contributed by atoms with van der Waals surface area (Å²) in [5.74, 6) is -2.21. The van der Waals surface area contributed by atoms with Crippen molar-refractivity contribution in [1.29, 1.82) is 0 Å². The lowest BCUT2D eigenvalue weighted by Crippen LogP contribution is -2.48. The molecule has 0 saturated heterocycles. The number of carbonyl (C=O) groups excluding carboxylic acids is 4. The Morgan fingerprint density at radius 3 is 1.35 bits per heavy atom. The fourth-order valence-corrected chi connectivity index (χ4v) is 4.36. The zero-order valence-electron chi connectivity index (χ0n) is 18.8. The van der Waals surface area contributed by atoms with E-state index in [1.54, 1.807) is 13.8 Å². The van der Waals surface area contributed by atoms with Gasteiger partial charge in [-0.15, -0.1) is 0 Å². The number of esters is 4. The second kappa shape index (κ2) is 12.0. The summed E-state index contributed by atoms with van der Waals surface area (Å²) in [7, 11) is 0. The summed E-state index contributed by atoms with van der Waals surface area (Å²) in [4.78, 5) is 47.7. The number of hydrogen-bond donors (Lipinski definition) is 0. The van der Waals surface area contributed by atoms with Crippen molar-refractivity contribution >= 4 is 23.9 Å². The molecule has 6 atom stereocenters. The molecule has 0 aromatic carbocycles. The van der Waals surface area contributed by atoms with Crippen molar-refractivity contribution < 1.29 is 42.9 Å². The monoisotopic (exact) mass is 442 g/mol. The van der Waals surface area contributed by atoms with Gasteiger partial charge in [0, 0.05) is 13.8 Å². The number of rotatable bonds is 8. The first kappa shape index (κ1) is 25.1. The highest BCUT2D eigenvalue weighted by atomic mass is 16.6. The molecule has 0 N–H and O–H groups in total. The first-order chi connectivity index (χ1) is 14.7. The van der Waals surface area contributed by atoms with E-state index in [9.17, 15) is 19.2 Å². The molecule has 0 aliphatic heterocycles. The Balaban J connectivity index is 2.17. The number of ether oxygens (including phenoxy) is 5. The Labute approximate surface area is 183 Å². The third-order valence-electron chi connectivity index (χ3n) is 5.69. The van der Waals surface area contributed by atoms with Gasteiger partial charge in [0.1, 0.15) is 12.2 Å². The van der Waals surface area contributed by atoms with Crippen LogP contribution in [0.3, 0.4) is 0 Å². The topological polar surface area (TPSA) is 114 Å². The van der Waals surface area contributed by atoms with E-state index < -0.39 is 36.4 Å². The summed E-state index contributed by atoms with van der Waals surface area (Å²) in [6.45, 7) is 6.72. The minimum Gasteiger partial charge on any atom is -0.466 e. The minimum absolute atomic E-state index is 0.284. The lowest BCUT2D eigenvalue weighted by molar-refractivity contribution is -0.191. The first-order valence-corrected chi connectivity index (χ1v) is 11.1. The molecule has 0 unspecified atom stereocenters. The maximum Gasteiger partial charge on any atom is 0.309 e. The molecule has 2 fully saturated rings. The molecule has 2 aliphatic rings. The summed E-state index contributed by atoms with van der Waals surface area (Å²) in [6, 6.07) is 0. The Bertz CT molecular complexity index is 593. The van der Waals surface area contributed by atoms with E-state index in [1.807, 2.05) is 0 Å². The molecule has 176 valence electrons. The van der Waals surface area contributed by atoms with Gasteiger partial charge in [-0.1, -0.05) is 0 Å². The molecule has 9 heteroatoms. The van der Waals surface area contributed by atoms with Crippen LogP contribution in [0.5, 0.6) is 0 Å². The van der Waals surface area contributed by atoms with Gasteiger partial charge < -0.3 is 23.7 Å². The smallest absolute Gasteiger partial charge is 0.309 e. The van der Waals surface area contributed by atoms with Crippen molar-refractivity contribution in [2.75, 3.05) is 13.2 Å². The molecular formula is C22H34O9. The molecule has 31 heavy (non-hydrogen) atoms. The van der Waals surface area contributed by atoms with Gasteiger partial charge in [-0.25, -0.2) is 0 Å². The lowest BCUT2D eigenvalue weighted by Gasteiger charge is -2.40. The van der Waals surface area contributed by atoms with Crippen molar-refractivity contribution in [2.24, 2.45) is 11.8 Å². The van der Waals surface area contributed by atoms with Crippen LogP contribution in [0.4, 0.5) is 0 Å². The highest BCUT2D eigenvalue weighted by Gasteiger charge is 2.43. The highest BCUT2D eigenvalue weighted by molar-refractivity contribution is 5.73. The number of hydrogen-bond acceptors (Lipinski definition) is 9. The molecule has 2 saturated carbocycles. The van der Waals surface area contributed by atoms with E-state index in [4.69, 9.17) is 23.7 Å². The molecular weight excluding hydrogens is 408 g/mol. The van der Waals surface area contributed by atoms with Gasteiger partial charge in [0.15, 0.2) is 0 Å². The van der Waals surface area contributed by atoms with Crippen molar-refractivity contribution in [3.8, 4) is 0 Å². The maximum absolute atomic E-state index is 12.3. The summed E-state index contributed by atoms with van der Waals surface area (Å²) in [5, 5.41) is 0. The van der Waals surface area contributed by atoms with E-state index in [0.717, 1.165) is 0 Å². The molecule has 0 spiro atoms. The van der Waals surface area contributed by atoms with Gasteiger partial charge >= 0.3 is 23.9 Å². The molecule has 0 bridgehead atoms. The molecule has 2 aliphatic carbocycles. The fraction of sp³-hybridized carbons (Fsp3) is 0.818. The van der Waals surface area contributed by atoms with Gasteiger partial charge in [0.2, 0.25) is 0 Å². The largest absolute Gasteiger partial charge is 0.466 e. The number of carbonyl (C=O) groups is 4. The first-order valence-electron chi connectivity index (χ1n) is 11.1. The van der Waals surface area contributed by atoms with Gasteiger partial charge in [-0.2, -0.15) is 0 Å². The van der Waals surface area contributed by atoms with Crippen LogP contribution in [-0.2, 0) is 42.9 Å². The summed E-state index contributed by atoms with van der Waals surface area (Å²) in [5.41, 5.74) is 0. The van der Waals surface area contributed by atoms with E-state index in [0.29, 0.717) is 38.5 Å². The predicted octanol–water partition coefficient (Wildman–Crippen LogP) is 2.33. The normalized spacial score (nSPS) is 30.7.